The fraction of sp³-hybridized carbons (Fsp3) is 0.308. The molecule has 6 heteroatoms. The number of carbonyl (C=O) groups is 1. The number of aromatic nitrogens is 3. The zero-order valence-electron chi connectivity index (χ0n) is 10.4. The van der Waals surface area contributed by atoms with Crippen LogP contribution >= 0.6 is 0 Å². The maximum atomic E-state index is 12.5. The largest absolute Gasteiger partial charge is 0.396 e. The summed E-state index contributed by atoms with van der Waals surface area (Å²) in [6.45, 7) is 0.740. The number of H-pyrrole nitrogens is 1. The van der Waals surface area contributed by atoms with Gasteiger partial charge in [-0.1, -0.05) is 0 Å². The summed E-state index contributed by atoms with van der Waals surface area (Å²) in [7, 11) is 0. The number of likely N-dealkylation sites (tertiary alicyclic amines) is 1. The van der Waals surface area contributed by atoms with Gasteiger partial charge in [0.2, 0.25) is 0 Å². The van der Waals surface area contributed by atoms with Crippen molar-refractivity contribution in [3.8, 4) is 0 Å². The van der Waals surface area contributed by atoms with Gasteiger partial charge in [0.1, 0.15) is 5.69 Å². The molecule has 3 N–H and O–H groups in total. The fourth-order valence-electron chi connectivity index (χ4n) is 2.55. The Balaban J connectivity index is 1.88. The molecule has 0 bridgehead atoms. The Morgan fingerprint density at radius 3 is 2.89 bits per heavy atom. The van der Waals surface area contributed by atoms with Gasteiger partial charge in [0.15, 0.2) is 0 Å². The molecule has 1 fully saturated rings. The Morgan fingerprint density at radius 2 is 2.21 bits per heavy atom. The topological polar surface area (TPSA) is 87.9 Å². The standard InChI is InChI=1S/C13H15N5O/c14-10-8-16-17-12(10)13(19)18-7-1-2-11(18)9-3-5-15-6-4-9/h3-6,8,11H,1-2,7,14H2,(H,16,17). The highest BCUT2D eigenvalue weighted by Crippen LogP contribution is 2.33. The molecule has 19 heavy (non-hydrogen) atoms. The van der Waals surface area contributed by atoms with Gasteiger partial charge < -0.3 is 10.6 Å². The number of aromatic amines is 1. The van der Waals surface area contributed by atoms with Crippen molar-refractivity contribution in [3.63, 3.8) is 0 Å². The summed E-state index contributed by atoms with van der Waals surface area (Å²) in [5, 5.41) is 6.48. The van der Waals surface area contributed by atoms with Crippen molar-refractivity contribution >= 4 is 11.6 Å². The van der Waals surface area contributed by atoms with Crippen molar-refractivity contribution in [2.24, 2.45) is 0 Å². The van der Waals surface area contributed by atoms with E-state index in [1.54, 1.807) is 12.4 Å². The molecule has 2 aromatic rings. The highest BCUT2D eigenvalue weighted by molar-refractivity contribution is 5.97. The van der Waals surface area contributed by atoms with Crippen molar-refractivity contribution in [1.82, 2.24) is 20.1 Å². The Bertz CT molecular complexity index is 580. The molecular weight excluding hydrogens is 242 g/mol. The lowest BCUT2D eigenvalue weighted by Gasteiger charge is -2.24. The number of pyridine rings is 1. The number of nitrogens with two attached hydrogens (primary N) is 1. The summed E-state index contributed by atoms with van der Waals surface area (Å²) in [5.74, 6) is -0.0886. The van der Waals surface area contributed by atoms with Crippen molar-refractivity contribution < 1.29 is 4.79 Å². The molecule has 6 nitrogen and oxygen atoms in total. The summed E-state index contributed by atoms with van der Waals surface area (Å²) in [4.78, 5) is 18.3. The molecule has 2 aromatic heterocycles. The zero-order valence-corrected chi connectivity index (χ0v) is 10.4. The molecule has 0 saturated carbocycles. The van der Waals surface area contributed by atoms with Gasteiger partial charge >= 0.3 is 0 Å². The lowest BCUT2D eigenvalue weighted by Crippen LogP contribution is -2.31. The smallest absolute Gasteiger partial charge is 0.274 e. The van der Waals surface area contributed by atoms with Gasteiger partial charge in [0.05, 0.1) is 17.9 Å². The molecule has 1 atom stereocenters. The average Bonchev–Trinajstić information content (AvgIpc) is 3.07. The summed E-state index contributed by atoms with van der Waals surface area (Å²) in [6, 6.07) is 4.00. The van der Waals surface area contributed by atoms with Crippen molar-refractivity contribution in [1.29, 1.82) is 0 Å². The van der Waals surface area contributed by atoms with Gasteiger partial charge in [-0.2, -0.15) is 5.10 Å². The number of anilines is 1. The Labute approximate surface area is 110 Å². The van der Waals surface area contributed by atoms with E-state index in [9.17, 15) is 4.79 Å². The second-order valence-corrected chi connectivity index (χ2v) is 4.64. The minimum atomic E-state index is -0.0886. The SMILES string of the molecule is Nc1cn[nH]c1C(=O)N1CCCC1c1ccncc1. The van der Waals surface area contributed by atoms with Gasteiger partial charge in [-0.05, 0) is 30.5 Å². The van der Waals surface area contributed by atoms with Crippen molar-refractivity contribution in [3.05, 3.63) is 42.0 Å². The molecule has 3 rings (SSSR count). The first-order valence-corrected chi connectivity index (χ1v) is 6.27. The number of rotatable bonds is 2. The van der Waals surface area contributed by atoms with Crippen LogP contribution in [0, 0.1) is 0 Å². The third-order valence-electron chi connectivity index (χ3n) is 3.49. The van der Waals surface area contributed by atoms with Crippen LogP contribution in [-0.2, 0) is 0 Å². The summed E-state index contributed by atoms with van der Waals surface area (Å²) in [5.41, 5.74) is 7.62. The molecule has 1 saturated heterocycles. The van der Waals surface area contributed by atoms with E-state index in [4.69, 9.17) is 5.73 Å². The number of nitrogen functional groups attached to an aromatic ring is 1. The molecule has 1 unspecified atom stereocenters. The molecule has 0 radical (unpaired) electrons. The quantitative estimate of drug-likeness (QED) is 0.850. The summed E-state index contributed by atoms with van der Waals surface area (Å²) < 4.78 is 0. The summed E-state index contributed by atoms with van der Waals surface area (Å²) >= 11 is 0. The van der Waals surface area contributed by atoms with Gasteiger partial charge in [-0.15, -0.1) is 0 Å². The Kier molecular flexibility index (Phi) is 2.91. The number of nitrogens with zero attached hydrogens (tertiary/aromatic N) is 3. The summed E-state index contributed by atoms with van der Waals surface area (Å²) in [6.07, 6.45) is 6.92. The van der Waals surface area contributed by atoms with E-state index in [-0.39, 0.29) is 11.9 Å². The minimum absolute atomic E-state index is 0.0886. The van der Waals surface area contributed by atoms with Crippen molar-refractivity contribution in [2.45, 2.75) is 18.9 Å². The fourth-order valence-corrected chi connectivity index (χ4v) is 2.55. The van der Waals surface area contributed by atoms with Crippen LogP contribution in [0.5, 0.6) is 0 Å². The van der Waals surface area contributed by atoms with E-state index in [0.717, 1.165) is 24.9 Å². The maximum absolute atomic E-state index is 12.5. The van der Waals surface area contributed by atoms with E-state index < -0.39 is 0 Å². The van der Waals surface area contributed by atoms with Crippen LogP contribution in [0.4, 0.5) is 5.69 Å². The Hall–Kier alpha value is -2.37. The molecule has 0 aromatic carbocycles. The number of amides is 1. The van der Waals surface area contributed by atoms with Crippen LogP contribution in [-0.4, -0.2) is 32.5 Å². The number of nitrogens with one attached hydrogen (secondary N) is 1. The monoisotopic (exact) mass is 257 g/mol. The van der Waals surface area contributed by atoms with E-state index in [2.05, 4.69) is 15.2 Å². The zero-order chi connectivity index (χ0) is 13.2. The molecule has 1 aliphatic rings. The first-order valence-electron chi connectivity index (χ1n) is 6.27. The van der Waals surface area contributed by atoms with E-state index in [1.807, 2.05) is 17.0 Å². The second kappa shape index (κ2) is 4.72. The van der Waals surface area contributed by atoms with Crippen LogP contribution in [0.15, 0.2) is 30.7 Å². The molecule has 1 amide bonds. The molecule has 0 aliphatic carbocycles. The normalized spacial score (nSPS) is 18.7. The number of hydrogen-bond donors (Lipinski definition) is 2. The van der Waals surface area contributed by atoms with Crippen LogP contribution in [0.1, 0.15) is 34.9 Å². The highest BCUT2D eigenvalue weighted by Gasteiger charge is 2.31. The number of hydrogen-bond acceptors (Lipinski definition) is 4. The molecule has 1 aliphatic heterocycles. The predicted molar refractivity (Wildman–Crippen MR) is 70.2 cm³/mol. The van der Waals surface area contributed by atoms with E-state index in [0.29, 0.717) is 11.4 Å². The molecule has 0 spiro atoms. The van der Waals surface area contributed by atoms with Crippen LogP contribution in [0.25, 0.3) is 0 Å². The third kappa shape index (κ3) is 2.05. The predicted octanol–water partition coefficient (Wildman–Crippen LogP) is 1.36. The lowest BCUT2D eigenvalue weighted by atomic mass is 10.1. The highest BCUT2D eigenvalue weighted by atomic mass is 16.2. The van der Waals surface area contributed by atoms with Gasteiger partial charge in [0, 0.05) is 18.9 Å². The van der Waals surface area contributed by atoms with Gasteiger partial charge in [-0.25, -0.2) is 0 Å². The van der Waals surface area contributed by atoms with Crippen LogP contribution in [0.2, 0.25) is 0 Å². The average molecular weight is 257 g/mol. The lowest BCUT2D eigenvalue weighted by molar-refractivity contribution is 0.0730. The minimum Gasteiger partial charge on any atom is -0.396 e. The second-order valence-electron chi connectivity index (χ2n) is 4.64. The van der Waals surface area contributed by atoms with E-state index >= 15 is 0 Å². The van der Waals surface area contributed by atoms with Crippen LogP contribution in [0.3, 0.4) is 0 Å². The molecular formula is C13H15N5O. The maximum Gasteiger partial charge on any atom is 0.274 e. The van der Waals surface area contributed by atoms with Crippen molar-refractivity contribution in [2.75, 3.05) is 12.3 Å². The van der Waals surface area contributed by atoms with Gasteiger partial charge in [0.25, 0.3) is 5.91 Å². The van der Waals surface area contributed by atoms with Crippen LogP contribution < -0.4 is 5.73 Å². The molecule has 3 heterocycles. The first-order chi connectivity index (χ1) is 9.27. The third-order valence-corrected chi connectivity index (χ3v) is 3.49. The first kappa shape index (κ1) is 11.7. The number of carbonyl (C=O) groups excluding carboxylic acids is 1. The van der Waals surface area contributed by atoms with Gasteiger partial charge in [-0.3, -0.25) is 14.9 Å². The Morgan fingerprint density at radius 1 is 1.42 bits per heavy atom. The molecule has 98 valence electrons. The van der Waals surface area contributed by atoms with E-state index in [1.165, 1.54) is 6.20 Å².